The fourth-order valence-electron chi connectivity index (χ4n) is 3.12. The quantitative estimate of drug-likeness (QED) is 0.448. The highest BCUT2D eigenvalue weighted by Crippen LogP contribution is 2.41. The normalized spacial score (nSPS) is 12.6. The first-order valence-electron chi connectivity index (χ1n) is 6.84. The summed E-state index contributed by atoms with van der Waals surface area (Å²) in [6.45, 7) is 4.12. The van der Waals surface area contributed by atoms with Crippen LogP contribution in [0, 0.1) is 13.8 Å². The molecule has 0 aromatic heterocycles. The van der Waals surface area contributed by atoms with Gasteiger partial charge in [-0.05, 0) is 42.3 Å². The molecule has 3 aromatic rings. The summed E-state index contributed by atoms with van der Waals surface area (Å²) in [4.78, 5) is 12.6. The van der Waals surface area contributed by atoms with E-state index in [0.29, 0.717) is 0 Å². The van der Waals surface area contributed by atoms with E-state index >= 15 is 0 Å². The molecule has 0 radical (unpaired) electrons. The van der Waals surface area contributed by atoms with Crippen LogP contribution >= 0.6 is 0 Å². The van der Waals surface area contributed by atoms with E-state index in [-0.39, 0.29) is 5.78 Å². The molecular formula is C19H14O. The van der Waals surface area contributed by atoms with Crippen LogP contribution in [-0.4, -0.2) is 5.78 Å². The molecule has 1 heteroatoms. The summed E-state index contributed by atoms with van der Waals surface area (Å²) in [5.74, 6) is 0.155. The molecule has 0 aliphatic heterocycles. The van der Waals surface area contributed by atoms with Gasteiger partial charge in [-0.15, -0.1) is 0 Å². The summed E-state index contributed by atoms with van der Waals surface area (Å²) in [7, 11) is 0. The molecule has 0 atom stereocenters. The average Bonchev–Trinajstić information content (AvgIpc) is 2.72. The van der Waals surface area contributed by atoms with Gasteiger partial charge in [0.2, 0.25) is 0 Å². The first kappa shape index (κ1) is 11.4. The maximum absolute atomic E-state index is 12.6. The van der Waals surface area contributed by atoms with Gasteiger partial charge >= 0.3 is 0 Å². The summed E-state index contributed by atoms with van der Waals surface area (Å²) in [6, 6.07) is 16.6. The van der Waals surface area contributed by atoms with Crippen molar-refractivity contribution in [2.24, 2.45) is 0 Å². The van der Waals surface area contributed by atoms with Crippen LogP contribution in [0.1, 0.15) is 27.0 Å². The number of hydrogen-bond donors (Lipinski definition) is 0. The number of ketones is 1. The highest BCUT2D eigenvalue weighted by atomic mass is 16.1. The Morgan fingerprint density at radius 2 is 1.35 bits per heavy atom. The van der Waals surface area contributed by atoms with E-state index in [0.717, 1.165) is 27.8 Å². The van der Waals surface area contributed by atoms with E-state index in [1.165, 1.54) is 16.3 Å². The van der Waals surface area contributed by atoms with Crippen LogP contribution in [0.2, 0.25) is 0 Å². The van der Waals surface area contributed by atoms with Gasteiger partial charge in [0.1, 0.15) is 0 Å². The Morgan fingerprint density at radius 1 is 0.700 bits per heavy atom. The SMILES string of the molecule is Cc1ccc2c(c1)C(=O)c1ccc3ccc(C)cc3c1-2. The van der Waals surface area contributed by atoms with Crippen LogP contribution < -0.4 is 0 Å². The zero-order valence-corrected chi connectivity index (χ0v) is 11.5. The number of aryl methyl sites for hydroxylation is 2. The second kappa shape index (κ2) is 3.80. The van der Waals surface area contributed by atoms with E-state index in [1.54, 1.807) is 0 Å². The highest BCUT2D eigenvalue weighted by molar-refractivity contribution is 6.26. The van der Waals surface area contributed by atoms with Gasteiger partial charge in [0.15, 0.2) is 5.78 Å². The first-order valence-corrected chi connectivity index (χ1v) is 6.84. The van der Waals surface area contributed by atoms with E-state index in [4.69, 9.17) is 0 Å². The molecule has 3 aromatic carbocycles. The van der Waals surface area contributed by atoms with Crippen LogP contribution in [0.5, 0.6) is 0 Å². The standard InChI is InChI=1S/C19H14O/c1-11-3-5-13-6-8-15-18(16(13)9-11)14-7-4-12(2)10-17(14)19(15)20/h3-10H,1-2H3. The van der Waals surface area contributed by atoms with Crippen LogP contribution in [-0.2, 0) is 0 Å². The van der Waals surface area contributed by atoms with Crippen molar-refractivity contribution in [3.63, 3.8) is 0 Å². The van der Waals surface area contributed by atoms with E-state index in [1.807, 2.05) is 25.1 Å². The lowest BCUT2D eigenvalue weighted by molar-refractivity contribution is 0.104. The Labute approximate surface area is 117 Å². The smallest absolute Gasteiger partial charge is 0.194 e. The Bertz CT molecular complexity index is 888. The van der Waals surface area contributed by atoms with Gasteiger partial charge < -0.3 is 0 Å². The van der Waals surface area contributed by atoms with Crippen molar-refractivity contribution in [2.75, 3.05) is 0 Å². The molecule has 0 spiro atoms. The third kappa shape index (κ3) is 1.41. The van der Waals surface area contributed by atoms with Crippen LogP contribution in [0.4, 0.5) is 0 Å². The van der Waals surface area contributed by atoms with E-state index in [2.05, 4.69) is 37.3 Å². The minimum absolute atomic E-state index is 0.155. The molecule has 0 amide bonds. The highest BCUT2D eigenvalue weighted by Gasteiger charge is 2.28. The molecule has 0 fully saturated rings. The molecule has 0 N–H and O–H groups in total. The van der Waals surface area contributed by atoms with Gasteiger partial charge in [-0.1, -0.05) is 47.5 Å². The molecule has 96 valence electrons. The molecule has 20 heavy (non-hydrogen) atoms. The van der Waals surface area contributed by atoms with Gasteiger partial charge in [-0.2, -0.15) is 0 Å². The first-order chi connectivity index (χ1) is 9.65. The van der Waals surface area contributed by atoms with Crippen molar-refractivity contribution in [2.45, 2.75) is 13.8 Å². The number of carbonyl (C=O) groups is 1. The van der Waals surface area contributed by atoms with Crippen molar-refractivity contribution in [1.29, 1.82) is 0 Å². The number of hydrogen-bond acceptors (Lipinski definition) is 1. The largest absolute Gasteiger partial charge is 0.289 e. The molecule has 0 unspecified atom stereocenters. The topological polar surface area (TPSA) is 17.1 Å². The summed E-state index contributed by atoms with van der Waals surface area (Å²) in [6.07, 6.45) is 0. The van der Waals surface area contributed by atoms with Gasteiger partial charge in [-0.3, -0.25) is 4.79 Å². The van der Waals surface area contributed by atoms with Crippen LogP contribution in [0.25, 0.3) is 21.9 Å². The summed E-state index contributed by atoms with van der Waals surface area (Å²) >= 11 is 0. The van der Waals surface area contributed by atoms with E-state index < -0.39 is 0 Å². The summed E-state index contributed by atoms with van der Waals surface area (Å²) in [5, 5.41) is 2.37. The number of benzene rings is 3. The maximum atomic E-state index is 12.6. The van der Waals surface area contributed by atoms with Crippen molar-refractivity contribution in [3.05, 3.63) is 70.8 Å². The lowest BCUT2D eigenvalue weighted by Crippen LogP contribution is -1.95. The number of rotatable bonds is 0. The third-order valence-corrected chi connectivity index (χ3v) is 4.11. The molecule has 0 saturated heterocycles. The zero-order chi connectivity index (χ0) is 13.9. The molecule has 0 saturated carbocycles. The number of carbonyl (C=O) groups excluding carboxylic acids is 1. The third-order valence-electron chi connectivity index (χ3n) is 4.11. The lowest BCUT2D eigenvalue weighted by Gasteiger charge is -2.07. The predicted octanol–water partition coefficient (Wildman–Crippen LogP) is 4.67. The fraction of sp³-hybridized carbons (Fsp3) is 0.105. The second-order valence-corrected chi connectivity index (χ2v) is 5.59. The molecule has 1 aliphatic carbocycles. The maximum Gasteiger partial charge on any atom is 0.194 e. The van der Waals surface area contributed by atoms with Gasteiger partial charge in [0, 0.05) is 16.7 Å². The Hall–Kier alpha value is -2.41. The molecule has 4 rings (SSSR count). The molecular weight excluding hydrogens is 244 g/mol. The Kier molecular flexibility index (Phi) is 2.17. The van der Waals surface area contributed by atoms with Gasteiger partial charge in [0.05, 0.1) is 0 Å². The lowest BCUT2D eigenvalue weighted by atomic mass is 9.96. The van der Waals surface area contributed by atoms with Gasteiger partial charge in [-0.25, -0.2) is 0 Å². The zero-order valence-electron chi connectivity index (χ0n) is 11.5. The minimum Gasteiger partial charge on any atom is -0.289 e. The van der Waals surface area contributed by atoms with Crippen molar-refractivity contribution in [1.82, 2.24) is 0 Å². The Balaban J connectivity index is 2.18. The summed E-state index contributed by atoms with van der Waals surface area (Å²) < 4.78 is 0. The average molecular weight is 258 g/mol. The number of fused-ring (bicyclic) bond motifs is 5. The van der Waals surface area contributed by atoms with Gasteiger partial charge in [0.25, 0.3) is 0 Å². The molecule has 1 nitrogen and oxygen atoms in total. The molecule has 1 aliphatic rings. The Morgan fingerprint density at radius 3 is 2.20 bits per heavy atom. The molecule has 0 bridgehead atoms. The van der Waals surface area contributed by atoms with Crippen molar-refractivity contribution >= 4 is 16.6 Å². The van der Waals surface area contributed by atoms with Crippen LogP contribution in [0.15, 0.2) is 48.5 Å². The summed E-state index contributed by atoms with van der Waals surface area (Å²) in [5.41, 5.74) is 6.21. The fourth-order valence-corrected chi connectivity index (χ4v) is 3.12. The predicted molar refractivity (Wildman–Crippen MR) is 82.3 cm³/mol. The van der Waals surface area contributed by atoms with Crippen LogP contribution in [0.3, 0.4) is 0 Å². The van der Waals surface area contributed by atoms with Crippen molar-refractivity contribution in [3.8, 4) is 11.1 Å². The minimum atomic E-state index is 0.155. The monoisotopic (exact) mass is 258 g/mol. The molecule has 0 heterocycles. The van der Waals surface area contributed by atoms with Crippen molar-refractivity contribution < 1.29 is 4.79 Å². The second-order valence-electron chi connectivity index (χ2n) is 5.59. The van der Waals surface area contributed by atoms with E-state index in [9.17, 15) is 4.79 Å².